The number of ether oxygens (including phenoxy) is 2. The zero-order valence-corrected chi connectivity index (χ0v) is 18.2. The van der Waals surface area contributed by atoms with Gasteiger partial charge in [-0.1, -0.05) is 6.07 Å². The summed E-state index contributed by atoms with van der Waals surface area (Å²) in [6, 6.07) is 4.25. The molecule has 0 amide bonds. The number of hydrogen-bond acceptors (Lipinski definition) is 7. The Bertz CT molecular complexity index is 1060. The third-order valence-corrected chi connectivity index (χ3v) is 7.49. The number of thiophene rings is 1. The summed E-state index contributed by atoms with van der Waals surface area (Å²) >= 11 is 1.27. The number of fused-ring (bicyclic) bond motifs is 1. The maximum atomic E-state index is 13.0. The fourth-order valence-corrected chi connectivity index (χ4v) is 5.94. The van der Waals surface area contributed by atoms with Gasteiger partial charge in [-0.2, -0.15) is 0 Å². The molecule has 0 saturated heterocycles. The Morgan fingerprint density at radius 1 is 1.17 bits per heavy atom. The molecule has 0 atom stereocenters. The predicted molar refractivity (Wildman–Crippen MR) is 110 cm³/mol. The van der Waals surface area contributed by atoms with Crippen molar-refractivity contribution < 1.29 is 27.5 Å². The molecule has 29 heavy (non-hydrogen) atoms. The van der Waals surface area contributed by atoms with Crippen molar-refractivity contribution in [2.75, 3.05) is 18.4 Å². The second-order valence-corrected chi connectivity index (χ2v) is 9.50. The van der Waals surface area contributed by atoms with Gasteiger partial charge in [0.25, 0.3) is 10.0 Å². The van der Waals surface area contributed by atoms with Crippen LogP contribution < -0.4 is 4.72 Å². The third-order valence-electron chi connectivity index (χ3n) is 4.80. The molecule has 0 spiro atoms. The van der Waals surface area contributed by atoms with Gasteiger partial charge < -0.3 is 9.47 Å². The Labute approximate surface area is 174 Å². The molecule has 0 bridgehead atoms. The largest absolute Gasteiger partial charge is 0.465 e. The lowest BCUT2D eigenvalue weighted by Crippen LogP contribution is -2.17. The van der Waals surface area contributed by atoms with Crippen LogP contribution in [-0.2, 0) is 32.3 Å². The molecule has 0 saturated carbocycles. The Kier molecular flexibility index (Phi) is 6.28. The van der Waals surface area contributed by atoms with E-state index in [-0.39, 0.29) is 22.1 Å². The lowest BCUT2D eigenvalue weighted by Gasteiger charge is -2.13. The number of nitrogens with one attached hydrogen (secondary N) is 1. The van der Waals surface area contributed by atoms with Crippen LogP contribution in [-0.4, -0.2) is 34.1 Å². The van der Waals surface area contributed by atoms with Crippen LogP contribution in [0.3, 0.4) is 0 Å². The number of esters is 2. The quantitative estimate of drug-likeness (QED) is 0.692. The first-order valence-corrected chi connectivity index (χ1v) is 11.6. The summed E-state index contributed by atoms with van der Waals surface area (Å²) in [5.41, 5.74) is 1.95. The monoisotopic (exact) mass is 437 g/mol. The van der Waals surface area contributed by atoms with E-state index in [1.807, 2.05) is 0 Å². The van der Waals surface area contributed by atoms with Gasteiger partial charge in [0, 0.05) is 4.88 Å². The Morgan fingerprint density at radius 2 is 1.90 bits per heavy atom. The standard InChI is InChI=1S/C20H23NO6S2/c1-4-27-20(23)17-14-7-5-6-8-16(14)28-18(17)21-29(24,25)13-10-9-12(2)15(11-13)19(22)26-3/h9-11,21H,4-8H2,1-3H3. The van der Waals surface area contributed by atoms with E-state index in [9.17, 15) is 18.0 Å². The molecule has 0 aliphatic heterocycles. The highest BCUT2D eigenvalue weighted by Crippen LogP contribution is 2.39. The molecule has 2 aromatic rings. The smallest absolute Gasteiger partial charge is 0.341 e. The summed E-state index contributed by atoms with van der Waals surface area (Å²) in [4.78, 5) is 25.4. The van der Waals surface area contributed by atoms with Gasteiger partial charge in [0.2, 0.25) is 0 Å². The minimum Gasteiger partial charge on any atom is -0.465 e. The zero-order chi connectivity index (χ0) is 21.2. The fraction of sp³-hybridized carbons (Fsp3) is 0.400. The summed E-state index contributed by atoms with van der Waals surface area (Å²) in [5, 5.41) is 0.260. The number of benzene rings is 1. The molecule has 0 unspecified atom stereocenters. The average Bonchev–Trinajstić information content (AvgIpc) is 3.04. The highest BCUT2D eigenvalue weighted by atomic mass is 32.2. The molecule has 1 heterocycles. The van der Waals surface area contributed by atoms with Crippen molar-refractivity contribution in [1.29, 1.82) is 0 Å². The molecule has 1 N–H and O–H groups in total. The number of carbonyl (C=O) groups excluding carboxylic acids is 2. The molecule has 3 rings (SSSR count). The van der Waals surface area contributed by atoms with Crippen molar-refractivity contribution in [3.05, 3.63) is 45.3 Å². The van der Waals surface area contributed by atoms with Gasteiger partial charge in [0.05, 0.1) is 29.7 Å². The number of hydrogen-bond donors (Lipinski definition) is 1. The normalized spacial score (nSPS) is 13.5. The van der Waals surface area contributed by atoms with Gasteiger partial charge in [-0.25, -0.2) is 18.0 Å². The van der Waals surface area contributed by atoms with E-state index in [1.165, 1.54) is 30.6 Å². The molecule has 7 nitrogen and oxygen atoms in total. The van der Waals surface area contributed by atoms with Crippen LogP contribution in [0.15, 0.2) is 23.1 Å². The number of aryl methyl sites for hydroxylation is 2. The first kappa shape index (κ1) is 21.3. The molecule has 1 aromatic heterocycles. The molecule has 0 fully saturated rings. The van der Waals surface area contributed by atoms with Gasteiger partial charge in [-0.3, -0.25) is 4.72 Å². The average molecular weight is 438 g/mol. The second-order valence-electron chi connectivity index (χ2n) is 6.71. The number of carbonyl (C=O) groups is 2. The van der Waals surface area contributed by atoms with Crippen LogP contribution >= 0.6 is 11.3 Å². The Balaban J connectivity index is 2.02. The predicted octanol–water partition coefficient (Wildman–Crippen LogP) is 3.70. The Hall–Kier alpha value is -2.39. The second kappa shape index (κ2) is 8.54. The molecule has 156 valence electrons. The molecule has 0 radical (unpaired) electrons. The molecular formula is C20H23NO6S2. The minimum absolute atomic E-state index is 0.0790. The third kappa shape index (κ3) is 4.30. The SMILES string of the molecule is CCOC(=O)c1c(NS(=O)(=O)c2ccc(C)c(C(=O)OC)c2)sc2c1CCCC2. The molecule has 9 heteroatoms. The van der Waals surface area contributed by atoms with Gasteiger partial charge in [-0.15, -0.1) is 11.3 Å². The van der Waals surface area contributed by atoms with Crippen molar-refractivity contribution in [3.63, 3.8) is 0 Å². The zero-order valence-electron chi connectivity index (χ0n) is 16.5. The van der Waals surface area contributed by atoms with E-state index in [2.05, 4.69) is 4.72 Å². The molecule has 1 aliphatic carbocycles. The van der Waals surface area contributed by atoms with Gasteiger partial charge >= 0.3 is 11.9 Å². The summed E-state index contributed by atoms with van der Waals surface area (Å²) in [6.07, 6.45) is 3.48. The van der Waals surface area contributed by atoms with Crippen molar-refractivity contribution >= 4 is 38.3 Å². The minimum atomic E-state index is -4.02. The first-order chi connectivity index (χ1) is 13.8. The van der Waals surface area contributed by atoms with E-state index in [0.717, 1.165) is 36.1 Å². The van der Waals surface area contributed by atoms with Crippen LogP contribution in [0, 0.1) is 6.92 Å². The topological polar surface area (TPSA) is 98.8 Å². The van der Waals surface area contributed by atoms with E-state index in [1.54, 1.807) is 19.9 Å². The van der Waals surface area contributed by atoms with Crippen LogP contribution in [0.4, 0.5) is 5.00 Å². The summed E-state index contributed by atoms with van der Waals surface area (Å²) in [6.45, 7) is 3.61. The van der Waals surface area contributed by atoms with Crippen molar-refractivity contribution in [2.45, 2.75) is 44.4 Å². The van der Waals surface area contributed by atoms with Crippen LogP contribution in [0.1, 0.15) is 56.5 Å². The van der Waals surface area contributed by atoms with Crippen molar-refractivity contribution in [3.8, 4) is 0 Å². The van der Waals surface area contributed by atoms with Gasteiger partial charge in [0.15, 0.2) is 0 Å². The lowest BCUT2D eigenvalue weighted by atomic mass is 9.95. The number of sulfonamides is 1. The summed E-state index contributed by atoms with van der Waals surface area (Å²) in [7, 11) is -2.78. The summed E-state index contributed by atoms with van der Waals surface area (Å²) < 4.78 is 38.5. The molecule has 1 aliphatic rings. The van der Waals surface area contributed by atoms with Crippen molar-refractivity contribution in [1.82, 2.24) is 0 Å². The van der Waals surface area contributed by atoms with Crippen LogP contribution in [0.25, 0.3) is 0 Å². The fourth-order valence-electron chi connectivity index (χ4n) is 3.34. The lowest BCUT2D eigenvalue weighted by molar-refractivity contribution is 0.0525. The maximum Gasteiger partial charge on any atom is 0.341 e. The van der Waals surface area contributed by atoms with Gasteiger partial charge in [0.1, 0.15) is 5.00 Å². The van der Waals surface area contributed by atoms with E-state index in [0.29, 0.717) is 11.1 Å². The van der Waals surface area contributed by atoms with E-state index in [4.69, 9.17) is 9.47 Å². The van der Waals surface area contributed by atoms with E-state index < -0.39 is 22.0 Å². The molecule has 1 aromatic carbocycles. The van der Waals surface area contributed by atoms with Crippen molar-refractivity contribution in [2.24, 2.45) is 0 Å². The highest BCUT2D eigenvalue weighted by molar-refractivity contribution is 7.93. The number of rotatable bonds is 6. The maximum absolute atomic E-state index is 13.0. The van der Waals surface area contributed by atoms with Crippen LogP contribution in [0.2, 0.25) is 0 Å². The Morgan fingerprint density at radius 3 is 2.59 bits per heavy atom. The van der Waals surface area contributed by atoms with Gasteiger partial charge in [-0.05, 0) is 62.8 Å². The highest BCUT2D eigenvalue weighted by Gasteiger charge is 2.29. The first-order valence-electron chi connectivity index (χ1n) is 9.32. The molecular weight excluding hydrogens is 414 g/mol. The van der Waals surface area contributed by atoms with E-state index >= 15 is 0 Å². The van der Waals surface area contributed by atoms with Crippen LogP contribution in [0.5, 0.6) is 0 Å². The number of anilines is 1. The number of methoxy groups -OCH3 is 1. The summed E-state index contributed by atoms with van der Waals surface area (Å²) in [5.74, 6) is -1.14.